The number of rotatable bonds is 5. The number of H-pyrrole nitrogens is 1. The highest BCUT2D eigenvalue weighted by atomic mass is 35.5. The fourth-order valence-corrected chi connectivity index (χ4v) is 4.67. The molecule has 3 aromatic rings. The van der Waals surface area contributed by atoms with Gasteiger partial charge in [0, 0.05) is 24.7 Å². The maximum atomic E-state index is 12.5. The number of anilines is 1. The van der Waals surface area contributed by atoms with Gasteiger partial charge < -0.3 is 14.6 Å². The van der Waals surface area contributed by atoms with Crippen LogP contribution in [0.25, 0.3) is 0 Å². The van der Waals surface area contributed by atoms with E-state index in [-0.39, 0.29) is 21.7 Å². The Morgan fingerprint density at radius 1 is 1.00 bits per heavy atom. The molecular formula is C24H22ClF3N2O2. The zero-order valence-corrected chi connectivity index (χ0v) is 17.9. The molecule has 0 bridgehead atoms. The lowest BCUT2D eigenvalue weighted by Gasteiger charge is -2.43. The second-order valence-electron chi connectivity index (χ2n) is 8.01. The van der Waals surface area contributed by atoms with E-state index in [1.54, 1.807) is 24.4 Å². The van der Waals surface area contributed by atoms with E-state index in [4.69, 9.17) is 11.6 Å². The van der Waals surface area contributed by atoms with Crippen molar-refractivity contribution in [1.29, 1.82) is 0 Å². The van der Waals surface area contributed by atoms with Crippen LogP contribution in [0.15, 0.2) is 71.7 Å². The summed E-state index contributed by atoms with van der Waals surface area (Å²) in [5, 5.41) is 0.181. The molecule has 8 heteroatoms. The monoisotopic (exact) mass is 462 g/mol. The van der Waals surface area contributed by atoms with Gasteiger partial charge in [0.1, 0.15) is 10.8 Å². The highest BCUT2D eigenvalue weighted by Crippen LogP contribution is 2.40. The van der Waals surface area contributed by atoms with E-state index in [2.05, 4.69) is 26.8 Å². The maximum Gasteiger partial charge on any atom is 0.573 e. The molecule has 2 heterocycles. The SMILES string of the molecule is O=c1[nH]ccc(N2CCC(Cc3ccc(OC(F)(F)F)cc3)(c3ccccc3)CC2)c1Cl. The molecule has 0 radical (unpaired) electrons. The number of aromatic nitrogens is 1. The smallest absolute Gasteiger partial charge is 0.406 e. The van der Waals surface area contributed by atoms with Gasteiger partial charge in [-0.2, -0.15) is 0 Å². The van der Waals surface area contributed by atoms with Gasteiger partial charge in [-0.05, 0) is 48.6 Å². The predicted molar refractivity (Wildman–Crippen MR) is 118 cm³/mol. The Kier molecular flexibility index (Phi) is 6.20. The molecule has 0 atom stereocenters. The number of halogens is 4. The molecule has 0 unspecified atom stereocenters. The fraction of sp³-hybridized carbons (Fsp3) is 0.292. The Morgan fingerprint density at radius 2 is 1.66 bits per heavy atom. The van der Waals surface area contributed by atoms with Gasteiger partial charge >= 0.3 is 6.36 Å². The van der Waals surface area contributed by atoms with Crippen LogP contribution in [0.2, 0.25) is 5.02 Å². The van der Waals surface area contributed by atoms with Crippen molar-refractivity contribution in [1.82, 2.24) is 4.98 Å². The third-order valence-electron chi connectivity index (χ3n) is 6.03. The molecular weight excluding hydrogens is 441 g/mol. The first-order chi connectivity index (χ1) is 15.3. The summed E-state index contributed by atoms with van der Waals surface area (Å²) in [7, 11) is 0. The number of piperidine rings is 1. The summed E-state index contributed by atoms with van der Waals surface area (Å²) in [5.74, 6) is -0.228. The van der Waals surface area contributed by atoms with Crippen molar-refractivity contribution < 1.29 is 17.9 Å². The quantitative estimate of drug-likeness (QED) is 0.528. The first-order valence-electron chi connectivity index (χ1n) is 10.3. The van der Waals surface area contributed by atoms with Gasteiger partial charge in [-0.25, -0.2) is 0 Å². The lowest BCUT2D eigenvalue weighted by atomic mass is 9.69. The van der Waals surface area contributed by atoms with Crippen molar-refractivity contribution in [2.24, 2.45) is 0 Å². The molecule has 0 saturated carbocycles. The number of nitrogens with zero attached hydrogens (tertiary/aromatic N) is 1. The molecule has 4 nitrogen and oxygen atoms in total. The van der Waals surface area contributed by atoms with Crippen LogP contribution in [0.3, 0.4) is 0 Å². The summed E-state index contributed by atoms with van der Waals surface area (Å²) in [4.78, 5) is 16.6. The molecule has 168 valence electrons. The number of pyridine rings is 1. The lowest BCUT2D eigenvalue weighted by molar-refractivity contribution is -0.274. The van der Waals surface area contributed by atoms with Crippen LogP contribution in [-0.2, 0) is 11.8 Å². The van der Waals surface area contributed by atoms with Crippen LogP contribution >= 0.6 is 11.6 Å². The number of aromatic amines is 1. The Labute approximate surface area is 188 Å². The molecule has 0 spiro atoms. The van der Waals surface area contributed by atoms with E-state index in [9.17, 15) is 18.0 Å². The second kappa shape index (κ2) is 8.90. The highest BCUT2D eigenvalue weighted by molar-refractivity contribution is 6.33. The van der Waals surface area contributed by atoms with Crippen molar-refractivity contribution in [2.75, 3.05) is 18.0 Å². The topological polar surface area (TPSA) is 45.3 Å². The van der Waals surface area contributed by atoms with E-state index in [1.165, 1.54) is 17.7 Å². The van der Waals surface area contributed by atoms with E-state index in [0.717, 1.165) is 18.4 Å². The van der Waals surface area contributed by atoms with Crippen molar-refractivity contribution in [3.05, 3.63) is 93.4 Å². The predicted octanol–water partition coefficient (Wildman–Crippen LogP) is 5.71. The minimum absolute atomic E-state index is 0.181. The number of hydrogen-bond acceptors (Lipinski definition) is 3. The Morgan fingerprint density at radius 3 is 2.28 bits per heavy atom. The van der Waals surface area contributed by atoms with Gasteiger partial charge in [0.2, 0.25) is 0 Å². The van der Waals surface area contributed by atoms with E-state index < -0.39 is 6.36 Å². The largest absolute Gasteiger partial charge is 0.573 e. The number of nitrogens with one attached hydrogen (secondary N) is 1. The van der Waals surface area contributed by atoms with Gasteiger partial charge in [0.05, 0.1) is 5.69 Å². The fourth-order valence-electron chi connectivity index (χ4n) is 4.43. The summed E-state index contributed by atoms with van der Waals surface area (Å²) < 4.78 is 41.4. The van der Waals surface area contributed by atoms with Crippen molar-refractivity contribution in [2.45, 2.75) is 31.0 Å². The summed E-state index contributed by atoms with van der Waals surface area (Å²) in [6, 6.07) is 18.0. The molecule has 32 heavy (non-hydrogen) atoms. The van der Waals surface area contributed by atoms with E-state index in [1.807, 2.05) is 18.2 Å². The first-order valence-corrected chi connectivity index (χ1v) is 10.7. The molecule has 1 aromatic heterocycles. The summed E-state index contributed by atoms with van der Waals surface area (Å²) in [6.45, 7) is 1.40. The molecule has 4 rings (SSSR count). The summed E-state index contributed by atoms with van der Waals surface area (Å²) >= 11 is 6.23. The van der Waals surface area contributed by atoms with E-state index >= 15 is 0 Å². The molecule has 1 saturated heterocycles. The number of benzene rings is 2. The van der Waals surface area contributed by atoms with Gasteiger partial charge in [0.15, 0.2) is 0 Å². The standard InChI is InChI=1S/C24H22ClF3N2O2/c25-21-20(10-13-29-22(21)31)30-14-11-23(12-15-30,18-4-2-1-3-5-18)16-17-6-8-19(9-7-17)32-24(26,27)28/h1-10,13H,11-12,14-16H2,(H,29,31). The van der Waals surface area contributed by atoms with Gasteiger partial charge in [0.25, 0.3) is 5.56 Å². The Bertz CT molecular complexity index is 1110. The molecule has 1 N–H and O–H groups in total. The van der Waals surface area contributed by atoms with Crippen LogP contribution in [0.5, 0.6) is 5.75 Å². The molecule has 0 aliphatic carbocycles. The van der Waals surface area contributed by atoms with Gasteiger partial charge in [-0.3, -0.25) is 4.79 Å². The zero-order valence-electron chi connectivity index (χ0n) is 17.2. The van der Waals surface area contributed by atoms with Crippen LogP contribution < -0.4 is 15.2 Å². The molecule has 1 aliphatic heterocycles. The number of alkyl halides is 3. The molecule has 2 aromatic carbocycles. The van der Waals surface area contributed by atoms with Gasteiger partial charge in [-0.1, -0.05) is 54.1 Å². The van der Waals surface area contributed by atoms with Crippen LogP contribution in [0, 0.1) is 0 Å². The average Bonchev–Trinajstić information content (AvgIpc) is 2.77. The number of hydrogen-bond donors (Lipinski definition) is 1. The molecule has 1 fully saturated rings. The Hall–Kier alpha value is -2.93. The maximum absolute atomic E-state index is 12.5. The van der Waals surface area contributed by atoms with Gasteiger partial charge in [-0.15, -0.1) is 13.2 Å². The van der Waals surface area contributed by atoms with Crippen molar-refractivity contribution in [3.63, 3.8) is 0 Å². The zero-order chi connectivity index (χ0) is 22.8. The van der Waals surface area contributed by atoms with Crippen LogP contribution in [0.4, 0.5) is 18.9 Å². The summed E-state index contributed by atoms with van der Waals surface area (Å²) in [5.41, 5.74) is 2.34. The minimum atomic E-state index is -4.71. The first kappa shape index (κ1) is 22.3. The van der Waals surface area contributed by atoms with Crippen molar-refractivity contribution in [3.8, 4) is 5.75 Å². The average molecular weight is 463 g/mol. The third kappa shape index (κ3) is 4.93. The lowest BCUT2D eigenvalue weighted by Crippen LogP contribution is -2.44. The van der Waals surface area contributed by atoms with Crippen molar-refractivity contribution >= 4 is 17.3 Å². The second-order valence-corrected chi connectivity index (χ2v) is 8.39. The summed E-state index contributed by atoms with van der Waals surface area (Å²) in [6.07, 6.45) is -0.824. The third-order valence-corrected chi connectivity index (χ3v) is 6.39. The highest BCUT2D eigenvalue weighted by Gasteiger charge is 2.37. The molecule has 1 aliphatic rings. The van der Waals surface area contributed by atoms with Crippen LogP contribution in [-0.4, -0.2) is 24.4 Å². The Balaban J connectivity index is 1.57. The normalized spacial score (nSPS) is 16.1. The van der Waals surface area contributed by atoms with E-state index in [0.29, 0.717) is 25.2 Å². The van der Waals surface area contributed by atoms with Crippen LogP contribution in [0.1, 0.15) is 24.0 Å². The number of ether oxygens (including phenoxy) is 1. The minimum Gasteiger partial charge on any atom is -0.406 e. The molecule has 0 amide bonds.